The number of rotatable bonds is 3. The third-order valence-electron chi connectivity index (χ3n) is 2.59. The van der Waals surface area contributed by atoms with Crippen molar-refractivity contribution < 1.29 is 4.74 Å². The predicted octanol–water partition coefficient (Wildman–Crippen LogP) is 0.419. The summed E-state index contributed by atoms with van der Waals surface area (Å²) in [4.78, 5) is 6.71. The molecule has 82 valence electrons. The van der Waals surface area contributed by atoms with Crippen molar-refractivity contribution in [3.05, 3.63) is 23.9 Å². The Hall–Kier alpha value is -1.13. The molecule has 2 N–H and O–H groups in total. The van der Waals surface area contributed by atoms with E-state index in [1.807, 2.05) is 12.3 Å². The molecular formula is C11H17N3O. The molecule has 1 saturated heterocycles. The zero-order valence-corrected chi connectivity index (χ0v) is 8.85. The summed E-state index contributed by atoms with van der Waals surface area (Å²) in [5.74, 6) is 1.08. The third-order valence-corrected chi connectivity index (χ3v) is 2.59. The lowest BCUT2D eigenvalue weighted by atomic mass is 10.1. The van der Waals surface area contributed by atoms with E-state index in [0.717, 1.165) is 38.5 Å². The Balaban J connectivity index is 2.17. The van der Waals surface area contributed by atoms with Gasteiger partial charge in [0.2, 0.25) is 0 Å². The molecule has 1 aliphatic rings. The summed E-state index contributed by atoms with van der Waals surface area (Å²) >= 11 is 0. The minimum atomic E-state index is 0.670. The summed E-state index contributed by atoms with van der Waals surface area (Å²) in [7, 11) is 0. The molecule has 0 spiro atoms. The average Bonchev–Trinajstić information content (AvgIpc) is 2.31. The van der Waals surface area contributed by atoms with Crippen LogP contribution in [0.15, 0.2) is 18.3 Å². The first-order valence-corrected chi connectivity index (χ1v) is 5.38. The number of pyridine rings is 1. The van der Waals surface area contributed by atoms with Gasteiger partial charge < -0.3 is 15.4 Å². The maximum atomic E-state index is 5.59. The average molecular weight is 207 g/mol. The van der Waals surface area contributed by atoms with Crippen LogP contribution in [0.4, 0.5) is 5.82 Å². The van der Waals surface area contributed by atoms with E-state index in [-0.39, 0.29) is 0 Å². The summed E-state index contributed by atoms with van der Waals surface area (Å²) in [6.07, 6.45) is 2.73. The Kier molecular flexibility index (Phi) is 3.53. The van der Waals surface area contributed by atoms with Gasteiger partial charge in [-0.1, -0.05) is 6.07 Å². The normalized spacial score (nSPS) is 16.7. The molecule has 0 aliphatic carbocycles. The molecule has 2 heterocycles. The highest BCUT2D eigenvalue weighted by atomic mass is 16.5. The van der Waals surface area contributed by atoms with Crippen LogP contribution >= 0.6 is 0 Å². The van der Waals surface area contributed by atoms with E-state index in [1.54, 1.807) is 0 Å². The van der Waals surface area contributed by atoms with E-state index < -0.39 is 0 Å². The number of nitrogens with zero attached hydrogens (tertiary/aromatic N) is 2. The van der Waals surface area contributed by atoms with Gasteiger partial charge in [0.1, 0.15) is 5.82 Å². The van der Waals surface area contributed by atoms with E-state index in [0.29, 0.717) is 6.54 Å². The number of hydrogen-bond donors (Lipinski definition) is 1. The van der Waals surface area contributed by atoms with Crippen LogP contribution < -0.4 is 10.6 Å². The molecule has 0 atom stereocenters. The SMILES string of the molecule is NCCc1cccnc1N1CCOCC1. The fourth-order valence-electron chi connectivity index (χ4n) is 1.84. The molecule has 2 rings (SSSR count). The first-order chi connectivity index (χ1) is 7.42. The molecule has 15 heavy (non-hydrogen) atoms. The van der Waals surface area contributed by atoms with E-state index in [4.69, 9.17) is 10.5 Å². The molecular weight excluding hydrogens is 190 g/mol. The Morgan fingerprint density at radius 2 is 2.20 bits per heavy atom. The summed E-state index contributed by atoms with van der Waals surface area (Å²) in [5.41, 5.74) is 6.83. The van der Waals surface area contributed by atoms with E-state index in [9.17, 15) is 0 Å². The summed E-state index contributed by atoms with van der Waals surface area (Å²) in [6.45, 7) is 4.10. The van der Waals surface area contributed by atoms with Crippen molar-refractivity contribution in [3.63, 3.8) is 0 Å². The van der Waals surface area contributed by atoms with Crippen molar-refractivity contribution in [1.29, 1.82) is 0 Å². The minimum Gasteiger partial charge on any atom is -0.378 e. The zero-order chi connectivity index (χ0) is 10.5. The smallest absolute Gasteiger partial charge is 0.131 e. The van der Waals surface area contributed by atoms with Crippen LogP contribution in [0.2, 0.25) is 0 Å². The standard InChI is InChI=1S/C11H17N3O/c12-4-3-10-2-1-5-13-11(10)14-6-8-15-9-7-14/h1-2,5H,3-4,6-9,12H2. The van der Waals surface area contributed by atoms with Crippen molar-refractivity contribution in [2.45, 2.75) is 6.42 Å². The van der Waals surface area contributed by atoms with Crippen LogP contribution in [0.5, 0.6) is 0 Å². The van der Waals surface area contributed by atoms with Crippen molar-refractivity contribution in [1.82, 2.24) is 4.98 Å². The van der Waals surface area contributed by atoms with Crippen LogP contribution in [0, 0.1) is 0 Å². The van der Waals surface area contributed by atoms with Gasteiger partial charge in [0, 0.05) is 19.3 Å². The molecule has 0 saturated carbocycles. The number of ether oxygens (including phenoxy) is 1. The van der Waals surface area contributed by atoms with Gasteiger partial charge in [0.05, 0.1) is 13.2 Å². The van der Waals surface area contributed by atoms with Crippen molar-refractivity contribution in [3.8, 4) is 0 Å². The zero-order valence-electron chi connectivity index (χ0n) is 8.85. The molecule has 4 nitrogen and oxygen atoms in total. The van der Waals surface area contributed by atoms with Crippen molar-refractivity contribution in [2.24, 2.45) is 5.73 Å². The summed E-state index contributed by atoms with van der Waals surface area (Å²) in [6, 6.07) is 4.07. The van der Waals surface area contributed by atoms with Gasteiger partial charge in [-0.15, -0.1) is 0 Å². The Labute approximate surface area is 90.0 Å². The Morgan fingerprint density at radius 3 is 2.93 bits per heavy atom. The molecule has 0 aromatic carbocycles. The second kappa shape index (κ2) is 5.09. The van der Waals surface area contributed by atoms with E-state index >= 15 is 0 Å². The molecule has 0 unspecified atom stereocenters. The van der Waals surface area contributed by atoms with Gasteiger partial charge in [-0.2, -0.15) is 0 Å². The number of aromatic nitrogens is 1. The molecule has 1 aromatic heterocycles. The lowest BCUT2D eigenvalue weighted by molar-refractivity contribution is 0.122. The Morgan fingerprint density at radius 1 is 1.40 bits per heavy atom. The van der Waals surface area contributed by atoms with Crippen LogP contribution in [0.3, 0.4) is 0 Å². The molecule has 1 fully saturated rings. The fourth-order valence-corrected chi connectivity index (χ4v) is 1.84. The highest BCUT2D eigenvalue weighted by Crippen LogP contribution is 2.18. The molecule has 1 aromatic rings. The van der Waals surface area contributed by atoms with E-state index in [2.05, 4.69) is 16.0 Å². The largest absolute Gasteiger partial charge is 0.378 e. The monoisotopic (exact) mass is 207 g/mol. The second-order valence-corrected chi connectivity index (χ2v) is 3.62. The Bertz CT molecular complexity index is 310. The summed E-state index contributed by atoms with van der Waals surface area (Å²) < 4.78 is 5.33. The third kappa shape index (κ3) is 2.46. The van der Waals surface area contributed by atoms with Gasteiger partial charge in [-0.25, -0.2) is 4.98 Å². The first kappa shape index (κ1) is 10.4. The highest BCUT2D eigenvalue weighted by molar-refractivity contribution is 5.47. The molecule has 0 bridgehead atoms. The number of hydrogen-bond acceptors (Lipinski definition) is 4. The van der Waals surface area contributed by atoms with Gasteiger partial charge in [-0.3, -0.25) is 0 Å². The van der Waals surface area contributed by atoms with Gasteiger partial charge in [-0.05, 0) is 24.6 Å². The highest BCUT2D eigenvalue weighted by Gasteiger charge is 2.14. The van der Waals surface area contributed by atoms with Gasteiger partial charge in [0.25, 0.3) is 0 Å². The van der Waals surface area contributed by atoms with Gasteiger partial charge >= 0.3 is 0 Å². The second-order valence-electron chi connectivity index (χ2n) is 3.62. The molecule has 4 heteroatoms. The molecule has 0 radical (unpaired) electrons. The maximum absolute atomic E-state index is 5.59. The maximum Gasteiger partial charge on any atom is 0.131 e. The predicted molar refractivity (Wildman–Crippen MR) is 60.0 cm³/mol. The van der Waals surface area contributed by atoms with Crippen LogP contribution in [0.1, 0.15) is 5.56 Å². The van der Waals surface area contributed by atoms with Crippen LogP contribution in [-0.4, -0.2) is 37.8 Å². The van der Waals surface area contributed by atoms with Crippen molar-refractivity contribution >= 4 is 5.82 Å². The number of anilines is 1. The van der Waals surface area contributed by atoms with Crippen LogP contribution in [-0.2, 0) is 11.2 Å². The number of morpholine rings is 1. The quantitative estimate of drug-likeness (QED) is 0.780. The minimum absolute atomic E-state index is 0.670. The number of nitrogens with two attached hydrogens (primary N) is 1. The van der Waals surface area contributed by atoms with E-state index in [1.165, 1.54) is 5.56 Å². The first-order valence-electron chi connectivity index (χ1n) is 5.38. The fraction of sp³-hybridized carbons (Fsp3) is 0.545. The molecule has 0 amide bonds. The van der Waals surface area contributed by atoms with Crippen LogP contribution in [0.25, 0.3) is 0 Å². The lowest BCUT2D eigenvalue weighted by Crippen LogP contribution is -2.37. The summed E-state index contributed by atoms with van der Waals surface area (Å²) in [5, 5.41) is 0. The van der Waals surface area contributed by atoms with Gasteiger partial charge in [0.15, 0.2) is 0 Å². The molecule has 1 aliphatic heterocycles. The lowest BCUT2D eigenvalue weighted by Gasteiger charge is -2.29. The van der Waals surface area contributed by atoms with Crippen molar-refractivity contribution in [2.75, 3.05) is 37.7 Å². The topological polar surface area (TPSA) is 51.4 Å².